The molecule has 0 unspecified atom stereocenters. The number of aliphatic hydroxyl groups excluding tert-OH is 1. The first-order valence-electron chi connectivity index (χ1n) is 8.31. The molecule has 2 aromatic rings. The summed E-state index contributed by atoms with van der Waals surface area (Å²) in [4.78, 5) is 6.33. The molecule has 1 atom stereocenters. The van der Waals surface area contributed by atoms with E-state index in [1.54, 1.807) is 18.3 Å². The Morgan fingerprint density at radius 3 is 2.50 bits per heavy atom. The predicted molar refractivity (Wildman–Crippen MR) is 88.9 cm³/mol. The quantitative estimate of drug-likeness (QED) is 0.877. The Morgan fingerprint density at radius 1 is 1.25 bits per heavy atom. The lowest BCUT2D eigenvalue weighted by Gasteiger charge is -2.39. The van der Waals surface area contributed by atoms with Gasteiger partial charge in [0.05, 0.1) is 18.2 Å². The van der Waals surface area contributed by atoms with Crippen molar-refractivity contribution in [1.29, 1.82) is 0 Å². The van der Waals surface area contributed by atoms with Gasteiger partial charge in [0, 0.05) is 32.0 Å². The summed E-state index contributed by atoms with van der Waals surface area (Å²) in [7, 11) is 0. The van der Waals surface area contributed by atoms with Crippen LogP contribution in [0.15, 0.2) is 36.7 Å². The Kier molecular flexibility index (Phi) is 4.99. The van der Waals surface area contributed by atoms with Gasteiger partial charge in [-0.1, -0.05) is 12.1 Å². The molecule has 6 heteroatoms. The molecule has 130 valence electrons. The number of aromatic nitrogens is 2. The minimum absolute atomic E-state index is 0.302. The molecule has 1 aromatic carbocycles. The van der Waals surface area contributed by atoms with Gasteiger partial charge in [0.2, 0.25) is 0 Å². The van der Waals surface area contributed by atoms with E-state index in [9.17, 15) is 14.6 Å². The van der Waals surface area contributed by atoms with E-state index in [0.29, 0.717) is 31.5 Å². The van der Waals surface area contributed by atoms with Gasteiger partial charge in [-0.15, -0.1) is 0 Å². The Hall–Kier alpha value is -1.76. The summed E-state index contributed by atoms with van der Waals surface area (Å²) in [5.74, 6) is 0.598. The Labute approximate surface area is 141 Å². The van der Waals surface area contributed by atoms with E-state index < -0.39 is 11.7 Å². The minimum Gasteiger partial charge on any atom is -0.388 e. The largest absolute Gasteiger partial charge is 0.388 e. The third-order valence-corrected chi connectivity index (χ3v) is 4.86. The molecular weight excluding hydrogens is 309 g/mol. The van der Waals surface area contributed by atoms with Gasteiger partial charge >= 0.3 is 0 Å². The number of β-amino-alcohol motifs (C(OH)–C–C–N with tert-alkyl or cyclic N) is 1. The average Bonchev–Trinajstić information content (AvgIpc) is 2.95. The number of halogens is 1. The van der Waals surface area contributed by atoms with E-state index in [4.69, 9.17) is 0 Å². The average molecular weight is 333 g/mol. The van der Waals surface area contributed by atoms with Crippen molar-refractivity contribution in [3.63, 3.8) is 0 Å². The van der Waals surface area contributed by atoms with Crippen molar-refractivity contribution in [3.05, 3.63) is 53.9 Å². The smallest absolute Gasteiger partial charge is 0.123 e. The van der Waals surface area contributed by atoms with Crippen molar-refractivity contribution >= 4 is 0 Å². The zero-order valence-electron chi connectivity index (χ0n) is 13.9. The first kappa shape index (κ1) is 17.1. The normalized spacial score (nSPS) is 19.3. The molecule has 0 spiro atoms. The van der Waals surface area contributed by atoms with Crippen molar-refractivity contribution in [2.24, 2.45) is 0 Å². The zero-order chi connectivity index (χ0) is 17.2. The maximum atomic E-state index is 13.0. The van der Waals surface area contributed by atoms with Gasteiger partial charge in [0.1, 0.15) is 11.6 Å². The van der Waals surface area contributed by atoms with Crippen LogP contribution in [0.1, 0.15) is 30.3 Å². The van der Waals surface area contributed by atoms with Crippen LogP contribution in [0.5, 0.6) is 0 Å². The van der Waals surface area contributed by atoms with Gasteiger partial charge in [-0.3, -0.25) is 0 Å². The molecule has 0 radical (unpaired) electrons. The van der Waals surface area contributed by atoms with Crippen molar-refractivity contribution in [2.45, 2.75) is 38.0 Å². The second-order valence-corrected chi connectivity index (χ2v) is 6.69. The molecule has 0 saturated carbocycles. The first-order valence-corrected chi connectivity index (χ1v) is 8.31. The van der Waals surface area contributed by atoms with Crippen LogP contribution in [-0.4, -0.2) is 49.9 Å². The lowest BCUT2D eigenvalue weighted by atomic mass is 9.91. The standard InChI is InChI=1S/C18H24FN3O2/c1-14-20-8-11-22(14)13-18(24)6-9-21(10-7-18)12-17(23)15-2-4-16(19)5-3-15/h2-5,8,11,17,23-24H,6-7,9-10,12-13H2,1H3/t17-/m0/s1. The van der Waals surface area contributed by atoms with Crippen molar-refractivity contribution in [1.82, 2.24) is 14.5 Å². The third kappa shape index (κ3) is 4.01. The Bertz CT molecular complexity index is 663. The van der Waals surface area contributed by atoms with E-state index in [-0.39, 0.29) is 5.82 Å². The fourth-order valence-electron chi connectivity index (χ4n) is 3.23. The van der Waals surface area contributed by atoms with Crippen LogP contribution in [0, 0.1) is 12.7 Å². The van der Waals surface area contributed by atoms with E-state index in [2.05, 4.69) is 9.88 Å². The predicted octanol–water partition coefficient (Wildman–Crippen LogP) is 1.89. The molecule has 2 heterocycles. The highest BCUT2D eigenvalue weighted by molar-refractivity contribution is 5.18. The van der Waals surface area contributed by atoms with Gasteiger partial charge < -0.3 is 19.7 Å². The van der Waals surface area contributed by atoms with E-state index in [1.165, 1.54) is 12.1 Å². The fraction of sp³-hybridized carbons (Fsp3) is 0.500. The van der Waals surface area contributed by atoms with E-state index in [0.717, 1.165) is 18.9 Å². The Morgan fingerprint density at radius 2 is 1.92 bits per heavy atom. The molecular formula is C18H24FN3O2. The van der Waals surface area contributed by atoms with Crippen LogP contribution in [-0.2, 0) is 6.54 Å². The summed E-state index contributed by atoms with van der Waals surface area (Å²) in [5.41, 5.74) is -0.0192. The number of benzene rings is 1. The first-order chi connectivity index (χ1) is 11.5. The van der Waals surface area contributed by atoms with E-state index in [1.807, 2.05) is 17.7 Å². The third-order valence-electron chi connectivity index (χ3n) is 4.86. The monoisotopic (exact) mass is 333 g/mol. The lowest BCUT2D eigenvalue weighted by molar-refractivity contribution is -0.0418. The lowest BCUT2D eigenvalue weighted by Crippen LogP contribution is -2.47. The number of imidazole rings is 1. The molecule has 1 fully saturated rings. The summed E-state index contributed by atoms with van der Waals surface area (Å²) in [5, 5.41) is 21.1. The second-order valence-electron chi connectivity index (χ2n) is 6.69. The van der Waals surface area contributed by atoms with Crippen molar-refractivity contribution in [2.75, 3.05) is 19.6 Å². The van der Waals surface area contributed by atoms with Gasteiger partial charge in [0.15, 0.2) is 0 Å². The summed E-state index contributed by atoms with van der Waals surface area (Å²) in [6.45, 7) is 4.42. The molecule has 0 bridgehead atoms. The highest BCUT2D eigenvalue weighted by Crippen LogP contribution is 2.26. The summed E-state index contributed by atoms with van der Waals surface area (Å²) < 4.78 is 14.9. The molecule has 1 saturated heterocycles. The summed E-state index contributed by atoms with van der Waals surface area (Å²) in [6.07, 6.45) is 4.29. The molecule has 5 nitrogen and oxygen atoms in total. The highest BCUT2D eigenvalue weighted by Gasteiger charge is 2.33. The van der Waals surface area contributed by atoms with Gasteiger partial charge in [-0.2, -0.15) is 0 Å². The van der Waals surface area contributed by atoms with Crippen LogP contribution >= 0.6 is 0 Å². The SMILES string of the molecule is Cc1nccn1CC1(O)CCN(C[C@H](O)c2ccc(F)cc2)CC1. The Balaban J connectivity index is 1.53. The van der Waals surface area contributed by atoms with Crippen LogP contribution in [0.4, 0.5) is 4.39 Å². The zero-order valence-corrected chi connectivity index (χ0v) is 13.9. The molecule has 0 amide bonds. The number of aryl methyl sites for hydroxylation is 1. The van der Waals surface area contributed by atoms with Crippen LogP contribution in [0.25, 0.3) is 0 Å². The summed E-state index contributed by atoms with van der Waals surface area (Å²) >= 11 is 0. The number of hydrogen-bond donors (Lipinski definition) is 2. The second kappa shape index (κ2) is 7.01. The van der Waals surface area contributed by atoms with Gasteiger partial charge in [0.25, 0.3) is 0 Å². The molecule has 1 aliphatic heterocycles. The topological polar surface area (TPSA) is 61.5 Å². The van der Waals surface area contributed by atoms with Crippen LogP contribution in [0.2, 0.25) is 0 Å². The number of nitrogens with zero attached hydrogens (tertiary/aromatic N) is 3. The molecule has 0 aliphatic carbocycles. The minimum atomic E-state index is -0.733. The number of aliphatic hydroxyl groups is 2. The molecule has 2 N–H and O–H groups in total. The van der Waals surface area contributed by atoms with Crippen LogP contribution in [0.3, 0.4) is 0 Å². The number of piperidine rings is 1. The van der Waals surface area contributed by atoms with E-state index >= 15 is 0 Å². The van der Waals surface area contributed by atoms with Gasteiger partial charge in [-0.05, 0) is 37.5 Å². The molecule has 1 aliphatic rings. The molecule has 1 aromatic heterocycles. The maximum Gasteiger partial charge on any atom is 0.123 e. The van der Waals surface area contributed by atoms with Crippen molar-refractivity contribution < 1.29 is 14.6 Å². The molecule has 24 heavy (non-hydrogen) atoms. The van der Waals surface area contributed by atoms with Crippen molar-refractivity contribution in [3.8, 4) is 0 Å². The highest BCUT2D eigenvalue weighted by atomic mass is 19.1. The van der Waals surface area contributed by atoms with Crippen LogP contribution < -0.4 is 0 Å². The maximum absolute atomic E-state index is 13.0. The fourth-order valence-corrected chi connectivity index (χ4v) is 3.23. The summed E-state index contributed by atoms with van der Waals surface area (Å²) in [6, 6.07) is 5.95. The number of rotatable bonds is 5. The van der Waals surface area contributed by atoms with Gasteiger partial charge in [-0.25, -0.2) is 9.37 Å². The molecule has 3 rings (SSSR count). The number of hydrogen-bond acceptors (Lipinski definition) is 4. The number of likely N-dealkylation sites (tertiary alicyclic amines) is 1.